The molecule has 1 aromatic heterocycles. The first-order valence-corrected chi connectivity index (χ1v) is 4.70. The van der Waals surface area contributed by atoms with Crippen molar-refractivity contribution in [2.75, 3.05) is 12.3 Å². The van der Waals surface area contributed by atoms with Crippen LogP contribution in [0.25, 0.3) is 0 Å². The van der Waals surface area contributed by atoms with Crippen LogP contribution in [0.1, 0.15) is 24.3 Å². The van der Waals surface area contributed by atoms with Gasteiger partial charge in [0.2, 0.25) is 5.88 Å². The summed E-state index contributed by atoms with van der Waals surface area (Å²) in [6, 6.07) is 3.03. The largest absolute Gasteiger partial charge is 0.476 e. The van der Waals surface area contributed by atoms with Crippen molar-refractivity contribution < 1.29 is 9.53 Å². The Morgan fingerprint density at radius 2 is 2.20 bits per heavy atom. The van der Waals surface area contributed by atoms with Crippen LogP contribution in [0.5, 0.6) is 5.88 Å². The molecule has 1 aromatic rings. The van der Waals surface area contributed by atoms with Crippen LogP contribution in [-0.4, -0.2) is 17.5 Å². The number of carbonyl (C=O) groups is 1. The zero-order chi connectivity index (χ0) is 11.4. The van der Waals surface area contributed by atoms with Gasteiger partial charge in [-0.3, -0.25) is 4.79 Å². The lowest BCUT2D eigenvalue weighted by atomic mass is 10.2. The average Bonchev–Trinajstić information content (AvgIpc) is 2.16. The number of nitrogens with two attached hydrogens (primary N) is 2. The van der Waals surface area contributed by atoms with E-state index >= 15 is 0 Å². The highest BCUT2D eigenvalue weighted by Crippen LogP contribution is 2.18. The van der Waals surface area contributed by atoms with Gasteiger partial charge in [-0.25, -0.2) is 4.98 Å². The number of nitrogen functional groups attached to an aromatic ring is 1. The maximum absolute atomic E-state index is 10.9. The Hall–Kier alpha value is -1.78. The molecule has 5 heteroatoms. The summed E-state index contributed by atoms with van der Waals surface area (Å²) in [6.45, 7) is 4.52. The Morgan fingerprint density at radius 1 is 1.53 bits per heavy atom. The van der Waals surface area contributed by atoms with Gasteiger partial charge in [-0.1, -0.05) is 13.8 Å². The molecule has 0 fully saturated rings. The molecule has 0 aliphatic heterocycles. The van der Waals surface area contributed by atoms with E-state index in [-0.39, 0.29) is 11.6 Å². The van der Waals surface area contributed by atoms with Gasteiger partial charge in [0.05, 0.1) is 12.3 Å². The Morgan fingerprint density at radius 3 is 2.73 bits per heavy atom. The number of ether oxygens (including phenoxy) is 1. The fourth-order valence-corrected chi connectivity index (χ4v) is 0.950. The lowest BCUT2D eigenvalue weighted by Crippen LogP contribution is -2.15. The molecule has 0 aliphatic rings. The third kappa shape index (κ3) is 3.12. The number of anilines is 1. The second-order valence-electron chi connectivity index (χ2n) is 3.66. The van der Waals surface area contributed by atoms with Crippen LogP contribution in [0.15, 0.2) is 12.1 Å². The van der Waals surface area contributed by atoms with Crippen molar-refractivity contribution in [2.24, 2.45) is 11.7 Å². The van der Waals surface area contributed by atoms with Crippen LogP contribution in [-0.2, 0) is 0 Å². The van der Waals surface area contributed by atoms with E-state index in [0.29, 0.717) is 18.2 Å². The molecule has 0 bridgehead atoms. The third-order valence-electron chi connectivity index (χ3n) is 1.70. The van der Waals surface area contributed by atoms with E-state index < -0.39 is 5.91 Å². The Labute approximate surface area is 88.4 Å². The number of rotatable bonds is 4. The molecule has 0 saturated heterocycles. The molecule has 4 N–H and O–H groups in total. The van der Waals surface area contributed by atoms with Gasteiger partial charge in [0.25, 0.3) is 5.91 Å². The molecule has 0 unspecified atom stereocenters. The summed E-state index contributed by atoms with van der Waals surface area (Å²) >= 11 is 0. The van der Waals surface area contributed by atoms with Crippen molar-refractivity contribution in [2.45, 2.75) is 13.8 Å². The van der Waals surface area contributed by atoms with E-state index in [1.54, 1.807) is 6.07 Å². The topological polar surface area (TPSA) is 91.2 Å². The molecule has 82 valence electrons. The standard InChI is InChI=1S/C10H15N3O2/c1-6(2)5-15-10-7(11)3-4-8(13-10)9(12)14/h3-4,6H,5,11H2,1-2H3,(H2,12,14). The van der Waals surface area contributed by atoms with Crippen LogP contribution in [0.2, 0.25) is 0 Å². The fourth-order valence-electron chi connectivity index (χ4n) is 0.950. The lowest BCUT2D eigenvalue weighted by Gasteiger charge is -2.10. The first kappa shape index (κ1) is 11.3. The minimum Gasteiger partial charge on any atom is -0.476 e. The molecule has 15 heavy (non-hydrogen) atoms. The second-order valence-corrected chi connectivity index (χ2v) is 3.66. The molecule has 0 atom stereocenters. The van der Waals surface area contributed by atoms with Crippen LogP contribution in [0.4, 0.5) is 5.69 Å². The number of primary amides is 1. The maximum Gasteiger partial charge on any atom is 0.267 e. The Kier molecular flexibility index (Phi) is 3.49. The minimum atomic E-state index is -0.593. The number of carbonyl (C=O) groups excluding carboxylic acids is 1. The summed E-state index contributed by atoms with van der Waals surface area (Å²) < 4.78 is 5.35. The van der Waals surface area contributed by atoms with Crippen LogP contribution in [0, 0.1) is 5.92 Å². The van der Waals surface area contributed by atoms with Crippen molar-refractivity contribution in [1.82, 2.24) is 4.98 Å². The summed E-state index contributed by atoms with van der Waals surface area (Å²) in [4.78, 5) is 14.8. The van der Waals surface area contributed by atoms with Crippen molar-refractivity contribution >= 4 is 11.6 Å². The highest BCUT2D eigenvalue weighted by Gasteiger charge is 2.08. The highest BCUT2D eigenvalue weighted by molar-refractivity contribution is 5.91. The molecule has 0 spiro atoms. The number of aromatic nitrogens is 1. The first-order valence-electron chi connectivity index (χ1n) is 4.70. The second kappa shape index (κ2) is 4.63. The van der Waals surface area contributed by atoms with Crippen LogP contribution < -0.4 is 16.2 Å². The average molecular weight is 209 g/mol. The van der Waals surface area contributed by atoms with Crippen molar-refractivity contribution in [3.8, 4) is 5.88 Å². The van der Waals surface area contributed by atoms with Gasteiger partial charge in [0.1, 0.15) is 5.69 Å². The number of hydrogen-bond acceptors (Lipinski definition) is 4. The fraction of sp³-hybridized carbons (Fsp3) is 0.400. The molecule has 1 heterocycles. The van der Waals surface area contributed by atoms with Gasteiger partial charge in [0.15, 0.2) is 0 Å². The molecule has 1 amide bonds. The van der Waals surface area contributed by atoms with Crippen LogP contribution in [0.3, 0.4) is 0 Å². The normalized spacial score (nSPS) is 10.3. The smallest absolute Gasteiger partial charge is 0.267 e. The molecule has 1 rings (SSSR count). The third-order valence-corrected chi connectivity index (χ3v) is 1.70. The Balaban J connectivity index is 2.85. The summed E-state index contributed by atoms with van der Waals surface area (Å²) in [7, 11) is 0. The zero-order valence-electron chi connectivity index (χ0n) is 8.86. The van der Waals surface area contributed by atoms with E-state index in [9.17, 15) is 4.79 Å². The van der Waals surface area contributed by atoms with Gasteiger partial charge < -0.3 is 16.2 Å². The highest BCUT2D eigenvalue weighted by atomic mass is 16.5. The molecule has 0 aromatic carbocycles. The van der Waals surface area contributed by atoms with Gasteiger partial charge >= 0.3 is 0 Å². The maximum atomic E-state index is 10.9. The first-order chi connectivity index (χ1) is 7.00. The molecular weight excluding hydrogens is 194 g/mol. The van der Waals surface area contributed by atoms with Crippen molar-refractivity contribution in [3.05, 3.63) is 17.8 Å². The summed E-state index contributed by atoms with van der Waals surface area (Å²) in [5, 5.41) is 0. The SMILES string of the molecule is CC(C)COc1nc(C(N)=O)ccc1N. The van der Waals surface area contributed by atoms with E-state index in [2.05, 4.69) is 4.98 Å². The predicted molar refractivity (Wildman–Crippen MR) is 57.5 cm³/mol. The number of amides is 1. The predicted octanol–water partition coefficient (Wildman–Crippen LogP) is 0.797. The minimum absolute atomic E-state index is 0.156. The zero-order valence-corrected chi connectivity index (χ0v) is 8.86. The van der Waals surface area contributed by atoms with Crippen molar-refractivity contribution in [1.29, 1.82) is 0 Å². The van der Waals surface area contributed by atoms with Gasteiger partial charge in [0, 0.05) is 0 Å². The van der Waals surface area contributed by atoms with E-state index in [0.717, 1.165) is 0 Å². The molecule has 0 aliphatic carbocycles. The molecule has 5 nitrogen and oxygen atoms in total. The number of nitrogens with zero attached hydrogens (tertiary/aromatic N) is 1. The number of hydrogen-bond donors (Lipinski definition) is 2. The van der Waals surface area contributed by atoms with Crippen LogP contribution >= 0.6 is 0 Å². The van der Waals surface area contributed by atoms with Gasteiger partial charge in [-0.05, 0) is 18.1 Å². The quantitative estimate of drug-likeness (QED) is 0.767. The lowest BCUT2D eigenvalue weighted by molar-refractivity contribution is 0.0994. The summed E-state index contributed by atoms with van der Waals surface area (Å²) in [5.74, 6) is 0.0350. The van der Waals surface area contributed by atoms with Gasteiger partial charge in [-0.15, -0.1) is 0 Å². The van der Waals surface area contributed by atoms with E-state index in [1.807, 2.05) is 13.8 Å². The van der Waals surface area contributed by atoms with E-state index in [1.165, 1.54) is 6.07 Å². The van der Waals surface area contributed by atoms with Crippen molar-refractivity contribution in [3.63, 3.8) is 0 Å². The van der Waals surface area contributed by atoms with E-state index in [4.69, 9.17) is 16.2 Å². The molecule has 0 radical (unpaired) electrons. The monoisotopic (exact) mass is 209 g/mol. The number of pyridine rings is 1. The summed E-state index contributed by atoms with van der Waals surface area (Å²) in [5.41, 5.74) is 11.3. The molecular formula is C10H15N3O2. The van der Waals surface area contributed by atoms with Gasteiger partial charge in [-0.2, -0.15) is 0 Å². The molecule has 0 saturated carbocycles. The Bertz CT molecular complexity index is 364. The summed E-state index contributed by atoms with van der Waals surface area (Å²) in [6.07, 6.45) is 0.